The molecule has 0 aromatic rings. The Morgan fingerprint density at radius 2 is 2.42 bits per heavy atom. The van der Waals surface area contributed by atoms with Crippen molar-refractivity contribution in [2.75, 3.05) is 7.11 Å². The second-order valence-corrected chi connectivity index (χ2v) is 3.40. The third-order valence-corrected chi connectivity index (χ3v) is 2.64. The Hall–Kier alpha value is -0.610. The van der Waals surface area contributed by atoms with Crippen LogP contribution in [0, 0.1) is 0 Å². The molecule has 0 saturated carbocycles. The summed E-state index contributed by atoms with van der Waals surface area (Å²) in [6.07, 6.45) is 3.83. The molecule has 0 aliphatic heterocycles. The third kappa shape index (κ3) is 1.59. The van der Waals surface area contributed by atoms with E-state index in [-0.39, 0.29) is 11.9 Å². The largest absolute Gasteiger partial charge is 0.515 e. The van der Waals surface area contributed by atoms with Crippen LogP contribution in [-0.4, -0.2) is 28.9 Å². The van der Waals surface area contributed by atoms with Gasteiger partial charge in [-0.25, -0.2) is 0 Å². The molecule has 12 heavy (non-hydrogen) atoms. The topological polar surface area (TPSA) is 46.5 Å². The monoisotopic (exact) mass is 232 g/mol. The first-order valence-electron chi connectivity index (χ1n) is 3.44. The minimum absolute atomic E-state index is 0.160. The number of Topliss-reactive ketones (excluding diaryl/α,β-unsaturated/α-hetero) is 1. The molecule has 2 atom stereocenters. The number of halogens is 1. The highest BCUT2D eigenvalue weighted by Gasteiger charge is 2.29. The number of aliphatic hydroxyl groups excluding tert-OH is 1. The predicted molar refractivity (Wildman–Crippen MR) is 48.4 cm³/mol. The average Bonchev–Trinajstić information content (AvgIpc) is 2.10. The van der Waals surface area contributed by atoms with Crippen LogP contribution in [0.25, 0.3) is 0 Å². The molecule has 1 N–H and O–H groups in total. The van der Waals surface area contributed by atoms with Crippen LogP contribution >= 0.6 is 15.9 Å². The molecule has 1 aliphatic rings. The molecule has 1 aliphatic carbocycles. The van der Waals surface area contributed by atoms with E-state index in [2.05, 4.69) is 15.9 Å². The van der Waals surface area contributed by atoms with Crippen molar-refractivity contribution in [3.05, 3.63) is 24.0 Å². The van der Waals surface area contributed by atoms with Gasteiger partial charge in [-0.3, -0.25) is 4.79 Å². The fourth-order valence-electron chi connectivity index (χ4n) is 0.991. The van der Waals surface area contributed by atoms with Crippen molar-refractivity contribution in [1.29, 1.82) is 0 Å². The van der Waals surface area contributed by atoms with E-state index >= 15 is 0 Å². The summed E-state index contributed by atoms with van der Waals surface area (Å²) >= 11 is 3.18. The highest BCUT2D eigenvalue weighted by molar-refractivity contribution is 9.10. The molecule has 0 fully saturated rings. The van der Waals surface area contributed by atoms with Crippen molar-refractivity contribution in [3.8, 4) is 0 Å². The molecule has 0 amide bonds. The van der Waals surface area contributed by atoms with Gasteiger partial charge in [-0.15, -0.1) is 0 Å². The maximum atomic E-state index is 11.3. The lowest BCUT2D eigenvalue weighted by atomic mass is 9.99. The minimum atomic E-state index is -0.397. The number of carbonyl (C=O) groups is 1. The van der Waals surface area contributed by atoms with Gasteiger partial charge in [0.15, 0.2) is 5.78 Å². The van der Waals surface area contributed by atoms with Gasteiger partial charge in [0, 0.05) is 7.11 Å². The molecule has 4 heteroatoms. The summed E-state index contributed by atoms with van der Waals surface area (Å²) in [7, 11) is 1.53. The predicted octanol–water partition coefficient (Wildman–Crippen LogP) is 1.35. The van der Waals surface area contributed by atoms with Gasteiger partial charge in [0.25, 0.3) is 0 Å². The van der Waals surface area contributed by atoms with E-state index in [1.807, 2.05) is 0 Å². The molecule has 0 bridgehead atoms. The lowest BCUT2D eigenvalue weighted by molar-refractivity contribution is -0.116. The van der Waals surface area contributed by atoms with Crippen molar-refractivity contribution in [3.63, 3.8) is 0 Å². The van der Waals surface area contributed by atoms with Crippen LogP contribution < -0.4 is 0 Å². The van der Waals surface area contributed by atoms with E-state index in [4.69, 9.17) is 9.84 Å². The lowest BCUT2D eigenvalue weighted by Crippen LogP contribution is -2.32. The summed E-state index contributed by atoms with van der Waals surface area (Å²) in [6.45, 7) is 0. The van der Waals surface area contributed by atoms with Gasteiger partial charge in [-0.1, -0.05) is 22.0 Å². The third-order valence-electron chi connectivity index (χ3n) is 1.70. The Morgan fingerprint density at radius 1 is 1.75 bits per heavy atom. The van der Waals surface area contributed by atoms with E-state index in [0.29, 0.717) is 5.57 Å². The first-order chi connectivity index (χ1) is 5.70. The number of hydrogen-bond acceptors (Lipinski definition) is 3. The molecule has 0 saturated heterocycles. The number of rotatable bonds is 1. The first kappa shape index (κ1) is 9.48. The standard InChI is InChI=1S/C8H9BrO3/c1-12-6-3-2-5(4-10)8(11)7(6)9/h2-4,6-7,10H,1H3. The van der Waals surface area contributed by atoms with Gasteiger partial charge in [-0.05, 0) is 6.08 Å². The van der Waals surface area contributed by atoms with Gasteiger partial charge in [0.05, 0.1) is 17.9 Å². The number of allylic oxidation sites excluding steroid dienone is 2. The number of ketones is 1. The Balaban J connectivity index is 2.90. The van der Waals surface area contributed by atoms with Crippen LogP contribution in [0.3, 0.4) is 0 Å². The first-order valence-corrected chi connectivity index (χ1v) is 4.36. The van der Waals surface area contributed by atoms with Crippen molar-refractivity contribution in [1.82, 2.24) is 0 Å². The van der Waals surface area contributed by atoms with Gasteiger partial charge >= 0.3 is 0 Å². The Kier molecular flexibility index (Phi) is 3.05. The number of hydrogen-bond donors (Lipinski definition) is 1. The number of methoxy groups -OCH3 is 1. The van der Waals surface area contributed by atoms with Gasteiger partial charge in [-0.2, -0.15) is 0 Å². The molecule has 3 nitrogen and oxygen atoms in total. The quantitative estimate of drug-likeness (QED) is 0.422. The number of aliphatic hydroxyl groups is 1. The molecule has 2 unspecified atom stereocenters. The summed E-state index contributed by atoms with van der Waals surface area (Å²) in [6, 6.07) is 0. The van der Waals surface area contributed by atoms with Crippen molar-refractivity contribution in [2.24, 2.45) is 0 Å². The number of carbonyl (C=O) groups excluding carboxylic acids is 1. The second kappa shape index (κ2) is 3.87. The van der Waals surface area contributed by atoms with Crippen LogP contribution in [0.1, 0.15) is 0 Å². The summed E-state index contributed by atoms with van der Waals surface area (Å²) in [4.78, 5) is 10.9. The lowest BCUT2D eigenvalue weighted by Gasteiger charge is -2.20. The maximum Gasteiger partial charge on any atom is 0.182 e. The van der Waals surface area contributed by atoms with Gasteiger partial charge in [0.2, 0.25) is 0 Å². The van der Waals surface area contributed by atoms with Gasteiger partial charge < -0.3 is 9.84 Å². The molecule has 0 radical (unpaired) electrons. The van der Waals surface area contributed by atoms with Crippen LogP contribution in [0.5, 0.6) is 0 Å². The summed E-state index contributed by atoms with van der Waals surface area (Å²) in [5.41, 5.74) is 0.296. The Labute approximate surface area is 78.8 Å². The highest BCUT2D eigenvalue weighted by Crippen LogP contribution is 2.21. The maximum absolute atomic E-state index is 11.3. The summed E-state index contributed by atoms with van der Waals surface area (Å²) in [5, 5.41) is 8.64. The molecule has 0 spiro atoms. The normalized spacial score (nSPS) is 32.8. The van der Waals surface area contributed by atoms with E-state index in [9.17, 15) is 4.79 Å². The number of ether oxygens (including phenoxy) is 1. The fraction of sp³-hybridized carbons (Fsp3) is 0.375. The molecular formula is C8H9BrO3. The van der Waals surface area contributed by atoms with E-state index < -0.39 is 4.83 Å². The van der Waals surface area contributed by atoms with Crippen LogP contribution in [0.2, 0.25) is 0 Å². The van der Waals surface area contributed by atoms with Crippen molar-refractivity contribution < 1.29 is 14.6 Å². The van der Waals surface area contributed by atoms with Gasteiger partial charge in [0.1, 0.15) is 4.83 Å². The zero-order valence-corrected chi connectivity index (χ0v) is 8.11. The SMILES string of the molecule is COC1C=CC(=CO)C(=O)C1Br. The molecule has 0 heterocycles. The number of alkyl halides is 1. The van der Waals surface area contributed by atoms with E-state index in [1.54, 1.807) is 12.2 Å². The van der Waals surface area contributed by atoms with Crippen LogP contribution in [0.15, 0.2) is 24.0 Å². The van der Waals surface area contributed by atoms with E-state index in [0.717, 1.165) is 6.26 Å². The molecule has 0 aromatic heterocycles. The van der Waals surface area contributed by atoms with Crippen LogP contribution in [-0.2, 0) is 9.53 Å². The Bertz CT molecular complexity index is 245. The molecule has 1 rings (SSSR count). The smallest absolute Gasteiger partial charge is 0.182 e. The molecule has 66 valence electrons. The van der Waals surface area contributed by atoms with E-state index in [1.165, 1.54) is 7.11 Å². The fourth-order valence-corrected chi connectivity index (χ4v) is 1.65. The summed E-state index contributed by atoms with van der Waals surface area (Å²) in [5.74, 6) is -0.160. The molecular weight excluding hydrogens is 224 g/mol. The highest BCUT2D eigenvalue weighted by atomic mass is 79.9. The summed E-state index contributed by atoms with van der Waals surface area (Å²) < 4.78 is 5.00. The zero-order chi connectivity index (χ0) is 9.14. The Morgan fingerprint density at radius 3 is 2.92 bits per heavy atom. The second-order valence-electron chi connectivity index (χ2n) is 2.41. The average molecular weight is 233 g/mol. The van der Waals surface area contributed by atoms with Crippen molar-refractivity contribution in [2.45, 2.75) is 10.9 Å². The van der Waals surface area contributed by atoms with Crippen molar-refractivity contribution >= 4 is 21.7 Å². The minimum Gasteiger partial charge on any atom is -0.515 e. The van der Waals surface area contributed by atoms with Crippen LogP contribution in [0.4, 0.5) is 0 Å². The zero-order valence-electron chi connectivity index (χ0n) is 6.53. The molecule has 0 aromatic carbocycles.